The Morgan fingerprint density at radius 2 is 1.75 bits per heavy atom. The van der Waals surface area contributed by atoms with Gasteiger partial charge in [-0.2, -0.15) is 0 Å². The largest absolute Gasteiger partial charge is 0.280 e. The van der Waals surface area contributed by atoms with Crippen molar-refractivity contribution in [3.8, 4) is 0 Å². The lowest BCUT2D eigenvalue weighted by molar-refractivity contribution is 0.570. The Morgan fingerprint density at radius 1 is 1.10 bits per heavy atom. The third kappa shape index (κ3) is 3.32. The minimum atomic E-state index is -3.92. The molecule has 6 heteroatoms. The van der Waals surface area contributed by atoms with Crippen molar-refractivity contribution >= 4 is 27.5 Å². The predicted molar refractivity (Wildman–Crippen MR) is 80.2 cm³/mol. The quantitative estimate of drug-likeness (QED) is 0.877. The summed E-state index contributed by atoms with van der Waals surface area (Å²) in [6, 6.07) is 10.9. The molecule has 1 N–H and O–H groups in total. The Labute approximate surface area is 122 Å². The zero-order valence-corrected chi connectivity index (χ0v) is 12.7. The van der Waals surface area contributed by atoms with Gasteiger partial charge in [0.15, 0.2) is 0 Å². The number of hydrogen-bond acceptors (Lipinski definition) is 3. The van der Waals surface area contributed by atoms with Crippen molar-refractivity contribution in [3.05, 3.63) is 53.8 Å². The maximum absolute atomic E-state index is 13.7. The highest BCUT2D eigenvalue weighted by molar-refractivity contribution is 7.98. The van der Waals surface area contributed by atoms with E-state index in [1.165, 1.54) is 12.1 Å². The van der Waals surface area contributed by atoms with Crippen LogP contribution in [-0.2, 0) is 10.0 Å². The fourth-order valence-electron chi connectivity index (χ4n) is 1.69. The smallest absolute Gasteiger partial charge is 0.264 e. The van der Waals surface area contributed by atoms with Gasteiger partial charge in [-0.15, -0.1) is 11.8 Å². The van der Waals surface area contributed by atoms with Gasteiger partial charge >= 0.3 is 0 Å². The molecule has 0 spiro atoms. The van der Waals surface area contributed by atoms with Gasteiger partial charge in [-0.25, -0.2) is 12.8 Å². The molecule has 0 saturated carbocycles. The molecular formula is C14H14FNO2S2. The molecule has 0 radical (unpaired) electrons. The molecule has 20 heavy (non-hydrogen) atoms. The first-order valence-electron chi connectivity index (χ1n) is 5.85. The summed E-state index contributed by atoms with van der Waals surface area (Å²) in [4.78, 5) is 0.682. The second-order valence-corrected chi connectivity index (χ2v) is 6.80. The highest BCUT2D eigenvalue weighted by atomic mass is 32.2. The third-order valence-corrected chi connectivity index (χ3v) is 4.86. The molecule has 0 amide bonds. The van der Waals surface area contributed by atoms with Gasteiger partial charge in [-0.3, -0.25) is 4.72 Å². The molecule has 0 fully saturated rings. The molecule has 2 rings (SSSR count). The fourth-order valence-corrected chi connectivity index (χ4v) is 3.32. The second-order valence-electron chi connectivity index (χ2n) is 4.27. The molecule has 106 valence electrons. The van der Waals surface area contributed by atoms with E-state index in [2.05, 4.69) is 4.72 Å². The number of rotatable bonds is 4. The third-order valence-electron chi connectivity index (χ3n) is 2.72. The molecule has 3 nitrogen and oxygen atoms in total. The zero-order chi connectivity index (χ0) is 14.8. The van der Waals surface area contributed by atoms with Crippen molar-refractivity contribution < 1.29 is 12.8 Å². The van der Waals surface area contributed by atoms with E-state index in [-0.39, 0.29) is 4.90 Å². The van der Waals surface area contributed by atoms with E-state index >= 15 is 0 Å². The SMILES string of the molecule is CSc1ccc(NS(=O)(=O)c2cc(C)ccc2F)cc1. The van der Waals surface area contributed by atoms with Crippen molar-refractivity contribution in [1.82, 2.24) is 0 Å². The molecular weight excluding hydrogens is 297 g/mol. The Balaban J connectivity index is 2.32. The highest BCUT2D eigenvalue weighted by Crippen LogP contribution is 2.22. The lowest BCUT2D eigenvalue weighted by Gasteiger charge is -2.10. The van der Waals surface area contributed by atoms with E-state index in [0.29, 0.717) is 11.3 Å². The number of hydrogen-bond donors (Lipinski definition) is 1. The van der Waals surface area contributed by atoms with Crippen LogP contribution in [0.4, 0.5) is 10.1 Å². The lowest BCUT2D eigenvalue weighted by atomic mass is 10.2. The van der Waals surface area contributed by atoms with Crippen LogP contribution in [0.3, 0.4) is 0 Å². The van der Waals surface area contributed by atoms with Crippen LogP contribution in [0.25, 0.3) is 0 Å². The van der Waals surface area contributed by atoms with E-state index in [4.69, 9.17) is 0 Å². The summed E-state index contributed by atoms with van der Waals surface area (Å²) in [6.45, 7) is 1.71. The summed E-state index contributed by atoms with van der Waals surface area (Å²) in [5, 5.41) is 0. The Morgan fingerprint density at radius 3 is 2.35 bits per heavy atom. The van der Waals surface area contributed by atoms with E-state index < -0.39 is 15.8 Å². The van der Waals surface area contributed by atoms with E-state index in [1.807, 2.05) is 6.26 Å². The van der Waals surface area contributed by atoms with Crippen LogP contribution in [0.5, 0.6) is 0 Å². The van der Waals surface area contributed by atoms with Crippen molar-refractivity contribution in [3.63, 3.8) is 0 Å². The number of thioether (sulfide) groups is 1. The van der Waals surface area contributed by atoms with Crippen molar-refractivity contribution in [2.24, 2.45) is 0 Å². The molecule has 0 saturated heterocycles. The predicted octanol–water partition coefficient (Wildman–Crippen LogP) is 3.66. The molecule has 0 atom stereocenters. The average Bonchev–Trinajstić information content (AvgIpc) is 2.42. The van der Waals surface area contributed by atoms with Gasteiger partial charge in [0.1, 0.15) is 10.7 Å². The first kappa shape index (κ1) is 14.9. The van der Waals surface area contributed by atoms with E-state index in [1.54, 1.807) is 43.0 Å². The molecule has 0 aliphatic carbocycles. The number of sulfonamides is 1. The van der Waals surface area contributed by atoms with Gasteiger partial charge in [-0.1, -0.05) is 6.07 Å². The first-order valence-corrected chi connectivity index (χ1v) is 8.56. The van der Waals surface area contributed by atoms with Crippen LogP contribution in [0.15, 0.2) is 52.3 Å². The van der Waals surface area contributed by atoms with Crippen LogP contribution in [0.2, 0.25) is 0 Å². The lowest BCUT2D eigenvalue weighted by Crippen LogP contribution is -2.14. The number of anilines is 1. The Hall–Kier alpha value is -1.53. The molecule has 0 bridgehead atoms. The number of halogens is 1. The molecule has 2 aromatic carbocycles. The van der Waals surface area contributed by atoms with Crippen LogP contribution in [0.1, 0.15) is 5.56 Å². The molecule has 0 aliphatic rings. The molecule has 0 unspecified atom stereocenters. The maximum atomic E-state index is 13.7. The minimum absolute atomic E-state index is 0.341. The Bertz CT molecular complexity index is 712. The van der Waals surface area contributed by atoms with Crippen LogP contribution < -0.4 is 4.72 Å². The first-order chi connectivity index (χ1) is 9.42. The van der Waals surface area contributed by atoms with Crippen molar-refractivity contribution in [1.29, 1.82) is 0 Å². The zero-order valence-electron chi connectivity index (χ0n) is 11.1. The number of benzene rings is 2. The van der Waals surface area contributed by atoms with Gasteiger partial charge < -0.3 is 0 Å². The van der Waals surface area contributed by atoms with Gasteiger partial charge in [0.2, 0.25) is 0 Å². The average molecular weight is 311 g/mol. The summed E-state index contributed by atoms with van der Waals surface area (Å²) >= 11 is 1.56. The maximum Gasteiger partial charge on any atom is 0.264 e. The summed E-state index contributed by atoms with van der Waals surface area (Å²) < 4.78 is 40.4. The second kappa shape index (κ2) is 5.85. The number of nitrogens with one attached hydrogen (secondary N) is 1. The summed E-state index contributed by atoms with van der Waals surface area (Å²) in [5.41, 5.74) is 1.09. The number of aryl methyl sites for hydroxylation is 1. The normalized spacial score (nSPS) is 11.3. The monoisotopic (exact) mass is 311 g/mol. The van der Waals surface area contributed by atoms with Crippen molar-refractivity contribution in [2.75, 3.05) is 11.0 Å². The molecule has 0 heterocycles. The summed E-state index contributed by atoms with van der Waals surface area (Å²) in [7, 11) is -3.92. The fraction of sp³-hybridized carbons (Fsp3) is 0.143. The van der Waals surface area contributed by atoms with E-state index in [9.17, 15) is 12.8 Å². The van der Waals surface area contributed by atoms with Gasteiger partial charge in [0.25, 0.3) is 10.0 Å². The highest BCUT2D eigenvalue weighted by Gasteiger charge is 2.19. The standard InChI is InChI=1S/C14H14FNO2S2/c1-10-3-8-13(15)14(9-10)20(17,18)16-11-4-6-12(19-2)7-5-11/h3-9,16H,1-2H3. The summed E-state index contributed by atoms with van der Waals surface area (Å²) in [6.07, 6.45) is 1.93. The topological polar surface area (TPSA) is 46.2 Å². The summed E-state index contributed by atoms with van der Waals surface area (Å²) in [5.74, 6) is -0.760. The van der Waals surface area contributed by atoms with Crippen molar-refractivity contribution in [2.45, 2.75) is 16.7 Å². The van der Waals surface area contributed by atoms with Gasteiger partial charge in [0, 0.05) is 10.6 Å². The van der Waals surface area contributed by atoms with Crippen LogP contribution in [-0.4, -0.2) is 14.7 Å². The Kier molecular flexibility index (Phi) is 4.35. The van der Waals surface area contributed by atoms with Crippen LogP contribution in [0, 0.1) is 12.7 Å². The molecule has 0 aromatic heterocycles. The van der Waals surface area contributed by atoms with E-state index in [0.717, 1.165) is 11.0 Å². The minimum Gasteiger partial charge on any atom is -0.280 e. The van der Waals surface area contributed by atoms with Gasteiger partial charge in [-0.05, 0) is 55.1 Å². The molecule has 0 aliphatic heterocycles. The van der Waals surface area contributed by atoms with Gasteiger partial charge in [0.05, 0.1) is 0 Å². The molecule has 2 aromatic rings. The van der Waals surface area contributed by atoms with Crippen LogP contribution >= 0.6 is 11.8 Å².